The van der Waals surface area contributed by atoms with Gasteiger partial charge >= 0.3 is 12.1 Å². The summed E-state index contributed by atoms with van der Waals surface area (Å²) in [6.45, 7) is 11.3. The molecule has 0 aliphatic heterocycles. The first-order valence-corrected chi connectivity index (χ1v) is 13.7. The molecule has 1 heterocycles. The fraction of sp³-hybridized carbons (Fsp3) is 0.406. The number of H-pyrrole nitrogens is 1. The molecule has 0 fully saturated rings. The number of carbonyl (C=O) groups excluding carboxylic acids is 3. The van der Waals surface area contributed by atoms with Crippen LogP contribution >= 0.6 is 0 Å². The normalized spacial score (nSPS) is 15.2. The van der Waals surface area contributed by atoms with Crippen molar-refractivity contribution < 1.29 is 24.0 Å². The highest BCUT2D eigenvalue weighted by Gasteiger charge is 2.33. The summed E-state index contributed by atoms with van der Waals surface area (Å²) in [7, 11) is 0. The van der Waals surface area contributed by atoms with Gasteiger partial charge in [-0.25, -0.2) is 9.59 Å². The van der Waals surface area contributed by atoms with Crippen LogP contribution in [0.2, 0.25) is 0 Å². The van der Waals surface area contributed by atoms with Gasteiger partial charge in [-0.1, -0.05) is 36.4 Å². The Kier molecular flexibility index (Phi) is 8.37. The smallest absolute Gasteiger partial charge is 0.410 e. The molecule has 0 saturated heterocycles. The summed E-state index contributed by atoms with van der Waals surface area (Å²) in [5, 5.41) is 1.16. The van der Waals surface area contributed by atoms with Crippen LogP contribution in [-0.4, -0.2) is 46.0 Å². The standard InChI is InChI=1S/C32H39N3O5/c1-31(2,3)29(37)40-34-28(36)14-12-21-11-13-22-18-25(19-24(22)17-21)35(30(38)39-32(4,5)6)16-15-23-20-33-27-10-8-7-9-26(23)27/h7-14,17,20,25,33H,15-16,18-19H2,1-6H3,(H,34,36)/b14-12+. The Morgan fingerprint density at radius 2 is 1.75 bits per heavy atom. The second kappa shape index (κ2) is 11.6. The van der Waals surface area contributed by atoms with E-state index < -0.39 is 22.9 Å². The fourth-order valence-electron chi connectivity index (χ4n) is 4.72. The summed E-state index contributed by atoms with van der Waals surface area (Å²) in [6, 6.07) is 14.1. The summed E-state index contributed by atoms with van der Waals surface area (Å²) >= 11 is 0. The first kappa shape index (κ1) is 28.9. The van der Waals surface area contributed by atoms with E-state index in [0.717, 1.165) is 28.5 Å². The van der Waals surface area contributed by atoms with Crippen LogP contribution < -0.4 is 5.48 Å². The summed E-state index contributed by atoms with van der Waals surface area (Å²) in [5.41, 5.74) is 6.25. The monoisotopic (exact) mass is 545 g/mol. The van der Waals surface area contributed by atoms with Crippen molar-refractivity contribution in [3.8, 4) is 0 Å². The number of para-hydroxylation sites is 1. The van der Waals surface area contributed by atoms with Crippen LogP contribution in [0.25, 0.3) is 17.0 Å². The molecule has 212 valence electrons. The van der Waals surface area contributed by atoms with Gasteiger partial charge in [0, 0.05) is 35.8 Å². The number of nitrogens with one attached hydrogen (secondary N) is 2. The highest BCUT2D eigenvalue weighted by molar-refractivity contribution is 5.92. The molecule has 0 saturated carbocycles. The quantitative estimate of drug-likeness (QED) is 0.304. The van der Waals surface area contributed by atoms with Crippen LogP contribution in [-0.2, 0) is 38.4 Å². The van der Waals surface area contributed by atoms with E-state index in [2.05, 4.69) is 16.5 Å². The number of nitrogens with zero attached hydrogens (tertiary/aromatic N) is 1. The second-order valence-corrected chi connectivity index (χ2v) is 12.3. The van der Waals surface area contributed by atoms with E-state index in [1.54, 1.807) is 26.8 Å². The first-order valence-electron chi connectivity index (χ1n) is 13.7. The number of rotatable bonds is 6. The molecular formula is C32H39N3O5. The lowest BCUT2D eigenvalue weighted by molar-refractivity contribution is -0.164. The zero-order chi connectivity index (χ0) is 29.1. The number of amides is 2. The van der Waals surface area contributed by atoms with Crippen molar-refractivity contribution in [2.75, 3.05) is 6.54 Å². The number of hydrogen-bond donors (Lipinski definition) is 2. The van der Waals surface area contributed by atoms with Crippen LogP contribution in [0.15, 0.2) is 54.7 Å². The van der Waals surface area contributed by atoms with Gasteiger partial charge in [-0.2, -0.15) is 5.48 Å². The number of hydrogen-bond acceptors (Lipinski definition) is 5. The van der Waals surface area contributed by atoms with Crippen LogP contribution in [0.4, 0.5) is 4.79 Å². The van der Waals surface area contributed by atoms with Gasteiger partial charge in [0.25, 0.3) is 5.91 Å². The molecule has 2 aromatic carbocycles. The van der Waals surface area contributed by atoms with Crippen molar-refractivity contribution in [1.29, 1.82) is 0 Å². The Morgan fingerprint density at radius 1 is 1.02 bits per heavy atom. The molecule has 2 N–H and O–H groups in total. The molecule has 8 heteroatoms. The summed E-state index contributed by atoms with van der Waals surface area (Å²) < 4.78 is 5.81. The Bertz CT molecular complexity index is 1420. The predicted octanol–water partition coefficient (Wildman–Crippen LogP) is 5.75. The van der Waals surface area contributed by atoms with Crippen LogP contribution in [0.5, 0.6) is 0 Å². The molecule has 0 spiro atoms. The molecule has 0 radical (unpaired) electrons. The maximum atomic E-state index is 13.3. The SMILES string of the molecule is CC(C)(C)OC(=O)N(CCc1c[nH]c2ccccc12)C1Cc2ccc(/C=C/C(=O)NOC(=O)C(C)(C)C)cc2C1. The van der Waals surface area contributed by atoms with E-state index in [9.17, 15) is 14.4 Å². The molecule has 8 nitrogen and oxygen atoms in total. The molecule has 1 aromatic heterocycles. The maximum Gasteiger partial charge on any atom is 0.410 e. The van der Waals surface area contributed by atoms with Crippen molar-refractivity contribution in [2.45, 2.75) is 72.4 Å². The molecule has 40 heavy (non-hydrogen) atoms. The minimum absolute atomic E-state index is 0.0330. The van der Waals surface area contributed by atoms with Gasteiger partial charge in [-0.05, 0) is 95.2 Å². The molecule has 0 bridgehead atoms. The van der Waals surface area contributed by atoms with E-state index in [0.29, 0.717) is 19.4 Å². The molecule has 2 amide bonds. The second-order valence-electron chi connectivity index (χ2n) is 12.3. The largest absolute Gasteiger partial charge is 0.444 e. The Hall–Kier alpha value is -4.07. The summed E-state index contributed by atoms with van der Waals surface area (Å²) in [4.78, 5) is 47.4. The summed E-state index contributed by atoms with van der Waals surface area (Å²) in [6.07, 6.45) is 6.84. The van der Waals surface area contributed by atoms with E-state index in [-0.39, 0.29) is 12.1 Å². The van der Waals surface area contributed by atoms with Gasteiger partial charge in [0.15, 0.2) is 0 Å². The van der Waals surface area contributed by atoms with Gasteiger partial charge < -0.3 is 19.5 Å². The molecule has 4 rings (SSSR count). The number of benzene rings is 2. The number of hydroxylamine groups is 1. The molecule has 1 unspecified atom stereocenters. The summed E-state index contributed by atoms with van der Waals surface area (Å²) in [5.74, 6) is -1.04. The van der Waals surface area contributed by atoms with Crippen molar-refractivity contribution in [3.63, 3.8) is 0 Å². The minimum atomic E-state index is -0.712. The number of ether oxygens (including phenoxy) is 1. The van der Waals surface area contributed by atoms with Gasteiger partial charge in [0.1, 0.15) is 5.60 Å². The molecule has 1 atom stereocenters. The van der Waals surface area contributed by atoms with Crippen LogP contribution in [0.1, 0.15) is 63.8 Å². The Morgan fingerprint density at radius 3 is 2.48 bits per heavy atom. The molecular weight excluding hydrogens is 506 g/mol. The van der Waals surface area contributed by atoms with Gasteiger partial charge in [0.05, 0.1) is 5.41 Å². The zero-order valence-corrected chi connectivity index (χ0v) is 24.2. The number of aromatic amines is 1. The highest BCUT2D eigenvalue weighted by atomic mass is 16.7. The average molecular weight is 546 g/mol. The molecule has 1 aliphatic carbocycles. The first-order chi connectivity index (χ1) is 18.8. The third-order valence-corrected chi connectivity index (χ3v) is 6.79. The maximum absolute atomic E-state index is 13.3. The van der Waals surface area contributed by atoms with Gasteiger partial charge in [-0.15, -0.1) is 0 Å². The van der Waals surface area contributed by atoms with Crippen molar-refractivity contribution in [1.82, 2.24) is 15.4 Å². The Labute approximate surface area is 235 Å². The van der Waals surface area contributed by atoms with E-state index in [1.807, 2.05) is 68.3 Å². The highest BCUT2D eigenvalue weighted by Crippen LogP contribution is 2.29. The third kappa shape index (κ3) is 7.31. The lowest BCUT2D eigenvalue weighted by Crippen LogP contribution is -2.45. The zero-order valence-electron chi connectivity index (χ0n) is 24.2. The van der Waals surface area contributed by atoms with Crippen molar-refractivity contribution in [3.05, 3.63) is 77.0 Å². The van der Waals surface area contributed by atoms with Crippen molar-refractivity contribution in [2.24, 2.45) is 5.41 Å². The van der Waals surface area contributed by atoms with Crippen LogP contribution in [0, 0.1) is 5.41 Å². The third-order valence-electron chi connectivity index (χ3n) is 6.79. The topological polar surface area (TPSA) is 101 Å². The average Bonchev–Trinajstić information content (AvgIpc) is 3.48. The lowest BCUT2D eigenvalue weighted by atomic mass is 9.98. The number of carbonyl (C=O) groups is 3. The van der Waals surface area contributed by atoms with Gasteiger partial charge in [-0.3, -0.25) is 4.79 Å². The molecule has 1 aliphatic rings. The van der Waals surface area contributed by atoms with Gasteiger partial charge in [0.2, 0.25) is 0 Å². The van der Waals surface area contributed by atoms with Crippen LogP contribution in [0.3, 0.4) is 0 Å². The fourth-order valence-corrected chi connectivity index (χ4v) is 4.72. The van der Waals surface area contributed by atoms with Crippen molar-refractivity contribution >= 4 is 34.9 Å². The number of fused-ring (bicyclic) bond motifs is 2. The Balaban J connectivity index is 1.44. The van der Waals surface area contributed by atoms with E-state index in [1.165, 1.54) is 17.2 Å². The van der Waals surface area contributed by atoms with E-state index >= 15 is 0 Å². The number of aromatic nitrogens is 1. The van der Waals surface area contributed by atoms with E-state index in [4.69, 9.17) is 9.57 Å². The predicted molar refractivity (Wildman–Crippen MR) is 155 cm³/mol. The minimum Gasteiger partial charge on any atom is -0.444 e. The lowest BCUT2D eigenvalue weighted by Gasteiger charge is -2.31. The molecule has 3 aromatic rings.